The summed E-state index contributed by atoms with van der Waals surface area (Å²) in [5.41, 5.74) is 0.540. The number of nitrogens with one attached hydrogen (secondary N) is 1. The number of aryl methyl sites for hydroxylation is 1. The number of nitrogens with zero attached hydrogens (tertiary/aromatic N) is 2. The summed E-state index contributed by atoms with van der Waals surface area (Å²) >= 11 is 0. The maximum atomic E-state index is 13.0. The first-order valence-electron chi connectivity index (χ1n) is 9.83. The molecule has 8 nitrogen and oxygen atoms in total. The Bertz CT molecular complexity index is 1110. The highest BCUT2D eigenvalue weighted by molar-refractivity contribution is 6.03. The number of ether oxygens (including phenoxy) is 1. The van der Waals surface area contributed by atoms with Gasteiger partial charge in [0.15, 0.2) is 0 Å². The van der Waals surface area contributed by atoms with E-state index in [0.29, 0.717) is 0 Å². The van der Waals surface area contributed by atoms with Gasteiger partial charge in [-0.15, -0.1) is 0 Å². The second-order valence-corrected chi connectivity index (χ2v) is 7.31. The minimum atomic E-state index is -0.654. The molecule has 1 amide bonds. The number of furan rings is 1. The molecule has 30 heavy (non-hydrogen) atoms. The van der Waals surface area contributed by atoms with E-state index in [9.17, 15) is 14.4 Å². The van der Waals surface area contributed by atoms with E-state index in [-0.39, 0.29) is 53.4 Å². The molecule has 1 N–H and O–H groups in total. The topological polar surface area (TPSA) is 103 Å². The van der Waals surface area contributed by atoms with Crippen LogP contribution in [0.1, 0.15) is 48.5 Å². The molecule has 0 aliphatic carbocycles. The summed E-state index contributed by atoms with van der Waals surface area (Å²) in [5.74, 6) is -0.586. The van der Waals surface area contributed by atoms with E-state index >= 15 is 0 Å². The molecule has 8 heteroatoms. The Hall–Kier alpha value is -3.42. The lowest BCUT2D eigenvalue weighted by atomic mass is 9.96. The van der Waals surface area contributed by atoms with Crippen molar-refractivity contribution in [3.8, 4) is 0 Å². The van der Waals surface area contributed by atoms with E-state index in [4.69, 9.17) is 9.15 Å². The highest BCUT2D eigenvalue weighted by Crippen LogP contribution is 2.23. The maximum Gasteiger partial charge on any atom is 0.342 e. The van der Waals surface area contributed by atoms with Crippen LogP contribution in [-0.2, 0) is 16.1 Å². The predicted molar refractivity (Wildman–Crippen MR) is 111 cm³/mol. The first-order chi connectivity index (χ1) is 14.3. The van der Waals surface area contributed by atoms with E-state index in [1.807, 2.05) is 44.2 Å². The Morgan fingerprint density at radius 2 is 1.93 bits per heavy atom. The minimum Gasteiger partial charge on any atom is -0.462 e. The van der Waals surface area contributed by atoms with Crippen molar-refractivity contribution in [2.24, 2.45) is 5.92 Å². The van der Waals surface area contributed by atoms with Crippen molar-refractivity contribution < 1.29 is 18.7 Å². The van der Waals surface area contributed by atoms with Gasteiger partial charge in [-0.2, -0.15) is 0 Å². The molecule has 0 aliphatic rings. The molecule has 0 radical (unpaired) electrons. The fourth-order valence-electron chi connectivity index (χ4n) is 3.37. The van der Waals surface area contributed by atoms with Crippen LogP contribution in [0, 0.1) is 12.8 Å². The second-order valence-electron chi connectivity index (χ2n) is 7.31. The molecule has 3 rings (SSSR count). The summed E-state index contributed by atoms with van der Waals surface area (Å²) < 4.78 is 11.6. The summed E-state index contributed by atoms with van der Waals surface area (Å²) in [5, 5.41) is 3.00. The zero-order chi connectivity index (χ0) is 21.8. The van der Waals surface area contributed by atoms with Crippen molar-refractivity contribution in [3.05, 3.63) is 63.9 Å². The lowest BCUT2D eigenvalue weighted by Gasteiger charge is -2.23. The number of hydrogen-bond donors (Lipinski definition) is 1. The van der Waals surface area contributed by atoms with Crippen LogP contribution in [0.25, 0.3) is 11.1 Å². The van der Waals surface area contributed by atoms with Crippen LogP contribution in [0.15, 0.2) is 45.9 Å². The van der Waals surface area contributed by atoms with Gasteiger partial charge < -0.3 is 14.5 Å². The Morgan fingerprint density at radius 1 is 1.23 bits per heavy atom. The lowest BCUT2D eigenvalue weighted by molar-refractivity contribution is -0.122. The first-order valence-corrected chi connectivity index (χ1v) is 9.83. The second kappa shape index (κ2) is 8.94. The predicted octanol–water partition coefficient (Wildman–Crippen LogP) is 2.99. The number of carbonyl (C=O) groups excluding carboxylic acids is 2. The van der Waals surface area contributed by atoms with Crippen LogP contribution < -0.4 is 10.9 Å². The molecule has 0 bridgehead atoms. The number of benzene rings is 1. The van der Waals surface area contributed by atoms with Gasteiger partial charge in [0, 0.05) is 0 Å². The van der Waals surface area contributed by atoms with Crippen molar-refractivity contribution in [1.82, 2.24) is 14.9 Å². The molecule has 0 saturated carbocycles. The average Bonchev–Trinajstić information content (AvgIpc) is 3.06. The summed E-state index contributed by atoms with van der Waals surface area (Å²) in [6, 6.07) is 9.44. The third kappa shape index (κ3) is 4.27. The number of fused-ring (bicyclic) bond motifs is 1. The number of rotatable bonds is 7. The summed E-state index contributed by atoms with van der Waals surface area (Å²) in [7, 11) is 0. The van der Waals surface area contributed by atoms with E-state index in [2.05, 4.69) is 10.3 Å². The maximum absolute atomic E-state index is 13.0. The highest BCUT2D eigenvalue weighted by Gasteiger charge is 2.25. The van der Waals surface area contributed by atoms with Crippen molar-refractivity contribution >= 4 is 23.0 Å². The number of amides is 1. The van der Waals surface area contributed by atoms with E-state index in [0.717, 1.165) is 10.1 Å². The molecule has 1 atom stereocenters. The first kappa shape index (κ1) is 21.3. The molecular weight excluding hydrogens is 386 g/mol. The normalized spacial score (nSPS) is 12.2. The third-order valence-electron chi connectivity index (χ3n) is 4.79. The van der Waals surface area contributed by atoms with Crippen molar-refractivity contribution in [1.29, 1.82) is 0 Å². The largest absolute Gasteiger partial charge is 0.462 e. The summed E-state index contributed by atoms with van der Waals surface area (Å²) in [6.45, 7) is 7.20. The molecule has 2 heterocycles. The Labute approximate surface area is 173 Å². The van der Waals surface area contributed by atoms with Gasteiger partial charge in [-0.1, -0.05) is 44.2 Å². The molecule has 3 aromatic rings. The van der Waals surface area contributed by atoms with Gasteiger partial charge in [0.1, 0.15) is 29.6 Å². The zero-order valence-electron chi connectivity index (χ0n) is 17.5. The van der Waals surface area contributed by atoms with Crippen LogP contribution in [0.3, 0.4) is 0 Å². The Morgan fingerprint density at radius 3 is 2.57 bits per heavy atom. The van der Waals surface area contributed by atoms with Gasteiger partial charge in [0.2, 0.25) is 11.6 Å². The van der Waals surface area contributed by atoms with E-state index in [1.54, 1.807) is 13.8 Å². The van der Waals surface area contributed by atoms with E-state index in [1.165, 1.54) is 6.33 Å². The van der Waals surface area contributed by atoms with Crippen LogP contribution in [0.4, 0.5) is 0 Å². The molecule has 1 aromatic carbocycles. The molecule has 158 valence electrons. The molecule has 0 unspecified atom stereocenters. The van der Waals surface area contributed by atoms with E-state index < -0.39 is 11.5 Å². The lowest BCUT2D eigenvalue weighted by Crippen LogP contribution is -2.36. The molecule has 0 aliphatic heterocycles. The SMILES string of the molecule is CCOC(=O)c1c(C)oc2ncn(CC(=O)N[C@H](c3ccccc3)C(C)C)c(=O)c12. The molecule has 0 saturated heterocycles. The number of aromatic nitrogens is 2. The smallest absolute Gasteiger partial charge is 0.342 e. The average molecular weight is 411 g/mol. The van der Waals surface area contributed by atoms with Crippen LogP contribution in [0.5, 0.6) is 0 Å². The van der Waals surface area contributed by atoms with Crippen molar-refractivity contribution in [2.45, 2.75) is 40.3 Å². The third-order valence-corrected chi connectivity index (χ3v) is 4.79. The van der Waals surface area contributed by atoms with Gasteiger partial charge in [-0.3, -0.25) is 14.2 Å². The Balaban J connectivity index is 1.89. The van der Waals surface area contributed by atoms with Gasteiger partial charge in [-0.25, -0.2) is 9.78 Å². The fourth-order valence-corrected chi connectivity index (χ4v) is 3.37. The van der Waals surface area contributed by atoms with Crippen LogP contribution >= 0.6 is 0 Å². The van der Waals surface area contributed by atoms with Gasteiger partial charge >= 0.3 is 5.97 Å². The minimum absolute atomic E-state index is 0.0183. The Kier molecular flexibility index (Phi) is 6.34. The van der Waals surface area contributed by atoms with Crippen LogP contribution in [0.2, 0.25) is 0 Å². The standard InChI is InChI=1S/C22H25N3O5/c1-5-29-22(28)17-14(4)30-20-18(17)21(27)25(12-23-20)11-16(26)24-19(13(2)3)15-9-7-6-8-10-15/h6-10,12-13,19H,5,11H2,1-4H3,(H,24,26)/t19-/m0/s1. The van der Waals surface area contributed by atoms with Gasteiger partial charge in [0.25, 0.3) is 5.56 Å². The molecule has 0 fully saturated rings. The summed E-state index contributed by atoms with van der Waals surface area (Å²) in [4.78, 5) is 42.0. The summed E-state index contributed by atoms with van der Waals surface area (Å²) in [6.07, 6.45) is 1.25. The quantitative estimate of drug-likeness (QED) is 0.600. The number of esters is 1. The number of carbonyl (C=O) groups is 2. The molecule has 0 spiro atoms. The molecule has 2 aromatic heterocycles. The van der Waals surface area contributed by atoms with Gasteiger partial charge in [-0.05, 0) is 25.3 Å². The number of hydrogen-bond acceptors (Lipinski definition) is 6. The molecular formula is C22H25N3O5. The highest BCUT2D eigenvalue weighted by atomic mass is 16.5. The fraction of sp³-hybridized carbons (Fsp3) is 0.364. The van der Waals surface area contributed by atoms with Crippen molar-refractivity contribution in [2.75, 3.05) is 6.61 Å². The van der Waals surface area contributed by atoms with Gasteiger partial charge in [0.05, 0.1) is 12.6 Å². The zero-order valence-corrected chi connectivity index (χ0v) is 17.5. The van der Waals surface area contributed by atoms with Crippen molar-refractivity contribution in [3.63, 3.8) is 0 Å². The monoisotopic (exact) mass is 411 g/mol. The van der Waals surface area contributed by atoms with Crippen LogP contribution in [-0.4, -0.2) is 28.0 Å².